The molecule has 3 aliphatic rings. The van der Waals surface area contributed by atoms with Gasteiger partial charge >= 0.3 is 0 Å². The average Bonchev–Trinajstić information content (AvgIpc) is 3.27. The van der Waals surface area contributed by atoms with Crippen molar-refractivity contribution < 1.29 is 0 Å². The first-order valence-corrected chi connectivity index (χ1v) is 9.14. The van der Waals surface area contributed by atoms with Crippen molar-refractivity contribution in [3.05, 3.63) is 54.1 Å². The molecule has 4 heterocycles. The topological polar surface area (TPSA) is 32.3 Å². The van der Waals surface area contributed by atoms with Crippen molar-refractivity contribution in [1.82, 2.24) is 14.9 Å². The molecule has 1 saturated carbocycles. The lowest BCUT2D eigenvalue weighted by Gasteiger charge is -2.26. The summed E-state index contributed by atoms with van der Waals surface area (Å²) in [5, 5.41) is 0. The van der Waals surface area contributed by atoms with Crippen LogP contribution in [0.3, 0.4) is 0 Å². The molecule has 1 aliphatic carbocycles. The molecule has 0 unspecified atom stereocenters. The molecule has 1 saturated heterocycles. The van der Waals surface area contributed by atoms with Crippen LogP contribution in [0.25, 0.3) is 0 Å². The number of rotatable bonds is 4. The zero-order valence-electron chi connectivity index (χ0n) is 14.1. The maximum atomic E-state index is 4.83. The SMILES string of the molecule is c1cncc(CN2C[C@@]3(CCN(CC4CC4)C3)c3ncccc32)c1. The number of hydrogen-bond donors (Lipinski definition) is 0. The molecule has 0 N–H and O–H groups in total. The Balaban J connectivity index is 1.41. The quantitative estimate of drug-likeness (QED) is 0.867. The second-order valence-corrected chi connectivity index (χ2v) is 7.80. The molecular formula is C20H24N4. The van der Waals surface area contributed by atoms with Gasteiger partial charge in [-0.1, -0.05) is 6.07 Å². The Morgan fingerprint density at radius 1 is 1.12 bits per heavy atom. The van der Waals surface area contributed by atoms with Gasteiger partial charge in [-0.05, 0) is 55.5 Å². The molecule has 0 aromatic carbocycles. The minimum absolute atomic E-state index is 0.230. The number of pyridine rings is 2. The lowest BCUT2D eigenvalue weighted by atomic mass is 9.85. The highest BCUT2D eigenvalue weighted by Gasteiger charge is 2.48. The second kappa shape index (κ2) is 5.55. The Bertz CT molecular complexity index is 727. The van der Waals surface area contributed by atoms with Gasteiger partial charge < -0.3 is 9.80 Å². The molecule has 5 rings (SSSR count). The highest BCUT2D eigenvalue weighted by Crippen LogP contribution is 2.46. The molecule has 2 aliphatic heterocycles. The van der Waals surface area contributed by atoms with E-state index in [0.717, 1.165) is 19.0 Å². The van der Waals surface area contributed by atoms with E-state index in [1.807, 2.05) is 24.7 Å². The Morgan fingerprint density at radius 2 is 2.04 bits per heavy atom. The molecule has 0 amide bonds. The molecule has 2 fully saturated rings. The first kappa shape index (κ1) is 14.4. The number of likely N-dealkylation sites (tertiary alicyclic amines) is 1. The van der Waals surface area contributed by atoms with Crippen molar-refractivity contribution in [2.24, 2.45) is 5.92 Å². The predicted molar refractivity (Wildman–Crippen MR) is 95.0 cm³/mol. The van der Waals surface area contributed by atoms with E-state index < -0.39 is 0 Å². The molecule has 1 atom stereocenters. The van der Waals surface area contributed by atoms with Crippen LogP contribution in [-0.2, 0) is 12.0 Å². The summed E-state index contributed by atoms with van der Waals surface area (Å²) in [6.45, 7) is 5.73. The fourth-order valence-electron chi connectivity index (χ4n) is 4.54. The van der Waals surface area contributed by atoms with E-state index in [2.05, 4.69) is 33.0 Å². The van der Waals surface area contributed by atoms with Gasteiger partial charge in [0.05, 0.1) is 11.4 Å². The van der Waals surface area contributed by atoms with Gasteiger partial charge in [-0.15, -0.1) is 0 Å². The summed E-state index contributed by atoms with van der Waals surface area (Å²) >= 11 is 0. The van der Waals surface area contributed by atoms with Crippen LogP contribution in [0.5, 0.6) is 0 Å². The monoisotopic (exact) mass is 320 g/mol. The van der Waals surface area contributed by atoms with Crippen molar-refractivity contribution in [3.8, 4) is 0 Å². The fourth-order valence-corrected chi connectivity index (χ4v) is 4.54. The van der Waals surface area contributed by atoms with Crippen LogP contribution in [-0.4, -0.2) is 41.0 Å². The van der Waals surface area contributed by atoms with Crippen LogP contribution in [0.15, 0.2) is 42.9 Å². The Labute approximate surface area is 143 Å². The van der Waals surface area contributed by atoms with E-state index in [1.165, 1.54) is 55.8 Å². The van der Waals surface area contributed by atoms with Gasteiger partial charge in [-0.3, -0.25) is 9.97 Å². The van der Waals surface area contributed by atoms with Gasteiger partial charge in [0.15, 0.2) is 0 Å². The smallest absolute Gasteiger partial charge is 0.0729 e. The predicted octanol–water partition coefficient (Wildman–Crippen LogP) is 2.85. The third-order valence-electron chi connectivity index (χ3n) is 5.87. The number of nitrogens with zero attached hydrogens (tertiary/aromatic N) is 4. The maximum absolute atomic E-state index is 4.83. The van der Waals surface area contributed by atoms with Crippen LogP contribution >= 0.6 is 0 Å². The van der Waals surface area contributed by atoms with E-state index >= 15 is 0 Å². The number of fused-ring (bicyclic) bond motifs is 2. The normalized spacial score (nSPS) is 26.2. The summed E-state index contributed by atoms with van der Waals surface area (Å²) in [6.07, 6.45) is 9.91. The lowest BCUT2D eigenvalue weighted by molar-refractivity contribution is 0.300. The molecule has 0 radical (unpaired) electrons. The first-order valence-electron chi connectivity index (χ1n) is 9.14. The fraction of sp³-hybridized carbons (Fsp3) is 0.500. The highest BCUT2D eigenvalue weighted by atomic mass is 15.2. The van der Waals surface area contributed by atoms with Crippen LogP contribution < -0.4 is 4.90 Å². The maximum Gasteiger partial charge on any atom is 0.0729 e. The van der Waals surface area contributed by atoms with Crippen molar-refractivity contribution in [1.29, 1.82) is 0 Å². The van der Waals surface area contributed by atoms with Gasteiger partial charge in [0, 0.05) is 50.2 Å². The molecule has 124 valence electrons. The zero-order chi connectivity index (χ0) is 16.0. The lowest BCUT2D eigenvalue weighted by Crippen LogP contribution is -2.37. The largest absolute Gasteiger partial charge is 0.365 e. The molecule has 2 aromatic heterocycles. The third kappa shape index (κ3) is 2.49. The van der Waals surface area contributed by atoms with E-state index in [9.17, 15) is 0 Å². The molecule has 1 spiro atoms. The van der Waals surface area contributed by atoms with Crippen molar-refractivity contribution in [3.63, 3.8) is 0 Å². The van der Waals surface area contributed by atoms with E-state index in [-0.39, 0.29) is 5.41 Å². The van der Waals surface area contributed by atoms with Gasteiger partial charge in [-0.25, -0.2) is 0 Å². The average molecular weight is 320 g/mol. The summed E-state index contributed by atoms with van der Waals surface area (Å²) in [7, 11) is 0. The Morgan fingerprint density at radius 3 is 2.88 bits per heavy atom. The van der Waals surface area contributed by atoms with E-state index in [0.29, 0.717) is 0 Å². The van der Waals surface area contributed by atoms with Gasteiger partial charge in [0.25, 0.3) is 0 Å². The number of aromatic nitrogens is 2. The minimum Gasteiger partial charge on any atom is -0.365 e. The van der Waals surface area contributed by atoms with E-state index in [4.69, 9.17) is 4.98 Å². The second-order valence-electron chi connectivity index (χ2n) is 7.80. The van der Waals surface area contributed by atoms with E-state index in [1.54, 1.807) is 0 Å². The summed E-state index contributed by atoms with van der Waals surface area (Å²) in [4.78, 5) is 14.3. The molecular weight excluding hydrogens is 296 g/mol. The molecule has 4 nitrogen and oxygen atoms in total. The molecule has 0 bridgehead atoms. The number of anilines is 1. The minimum atomic E-state index is 0.230. The van der Waals surface area contributed by atoms with Crippen molar-refractivity contribution in [2.75, 3.05) is 31.1 Å². The first-order chi connectivity index (χ1) is 11.8. The van der Waals surface area contributed by atoms with Crippen molar-refractivity contribution in [2.45, 2.75) is 31.2 Å². The Hall–Kier alpha value is -1.94. The van der Waals surface area contributed by atoms with Crippen LogP contribution in [0, 0.1) is 5.92 Å². The highest BCUT2D eigenvalue weighted by molar-refractivity contribution is 5.60. The van der Waals surface area contributed by atoms with Gasteiger partial charge in [-0.2, -0.15) is 0 Å². The molecule has 4 heteroatoms. The zero-order valence-corrected chi connectivity index (χ0v) is 14.1. The summed E-state index contributed by atoms with van der Waals surface area (Å²) in [5.74, 6) is 0.969. The molecule has 2 aromatic rings. The van der Waals surface area contributed by atoms with Crippen LogP contribution in [0.1, 0.15) is 30.5 Å². The molecule has 24 heavy (non-hydrogen) atoms. The van der Waals surface area contributed by atoms with Crippen LogP contribution in [0.4, 0.5) is 5.69 Å². The van der Waals surface area contributed by atoms with Crippen LogP contribution in [0.2, 0.25) is 0 Å². The third-order valence-corrected chi connectivity index (χ3v) is 5.87. The summed E-state index contributed by atoms with van der Waals surface area (Å²) in [6, 6.07) is 8.52. The van der Waals surface area contributed by atoms with Crippen molar-refractivity contribution >= 4 is 5.69 Å². The summed E-state index contributed by atoms with van der Waals surface area (Å²) < 4.78 is 0. The van der Waals surface area contributed by atoms with Gasteiger partial charge in [0.2, 0.25) is 0 Å². The Kier molecular flexibility index (Phi) is 3.33. The standard InChI is InChI=1S/C20H24N4/c1-3-17(11-21-8-1)13-24-15-20(19-18(24)4-2-9-22-19)7-10-23(14-20)12-16-5-6-16/h1-4,8-9,11,16H,5-7,10,12-15H2/t20-/m0/s1. The van der Waals surface area contributed by atoms with Gasteiger partial charge in [0.1, 0.15) is 0 Å². The summed E-state index contributed by atoms with van der Waals surface area (Å²) in [5.41, 5.74) is 4.16. The number of hydrogen-bond acceptors (Lipinski definition) is 4.